The van der Waals surface area contributed by atoms with E-state index in [1.807, 2.05) is 0 Å². The molecule has 0 saturated heterocycles. The van der Waals surface area contributed by atoms with Crippen molar-refractivity contribution in [1.29, 1.82) is 0 Å². The Kier molecular flexibility index (Phi) is 10.4. The molecule has 0 atom stereocenters. The van der Waals surface area contributed by atoms with Gasteiger partial charge in [0.15, 0.2) is 17.3 Å². The number of ether oxygens (including phenoxy) is 2. The minimum atomic E-state index is -1.18. The summed E-state index contributed by atoms with van der Waals surface area (Å²) in [6, 6.07) is 13.5. The number of carbonyl (C=O) groups excluding carboxylic acids is 1. The largest absolute Gasteiger partial charge is 0.494 e. The fourth-order valence-electron chi connectivity index (χ4n) is 4.78. The van der Waals surface area contributed by atoms with Crippen LogP contribution in [-0.2, 0) is 16.1 Å². The summed E-state index contributed by atoms with van der Waals surface area (Å²) >= 11 is 0. The van der Waals surface area contributed by atoms with Gasteiger partial charge in [-0.1, -0.05) is 30.4 Å². The molecule has 11 heteroatoms. The fourth-order valence-corrected chi connectivity index (χ4v) is 4.78. The van der Waals surface area contributed by atoms with Crippen LogP contribution >= 0.6 is 0 Å². The molecular formula is C33H30F3NO7. The number of carboxylic acid groups (broad SMARTS) is 2. The zero-order valence-electron chi connectivity index (χ0n) is 23.8. The zero-order chi connectivity index (χ0) is 31.8. The lowest BCUT2D eigenvalue weighted by Gasteiger charge is -2.09. The second-order valence-electron chi connectivity index (χ2n) is 9.98. The molecule has 0 radical (unpaired) electrons. The Morgan fingerprint density at radius 3 is 2.20 bits per heavy atom. The summed E-state index contributed by atoms with van der Waals surface area (Å²) in [7, 11) is 0. The molecule has 0 amide bonds. The van der Waals surface area contributed by atoms with Crippen molar-refractivity contribution >= 4 is 40.8 Å². The highest BCUT2D eigenvalue weighted by molar-refractivity contribution is 6.12. The highest BCUT2D eigenvalue weighted by Gasteiger charge is 2.25. The molecule has 230 valence electrons. The van der Waals surface area contributed by atoms with Crippen LogP contribution in [0.3, 0.4) is 0 Å². The molecule has 8 nitrogen and oxygen atoms in total. The van der Waals surface area contributed by atoms with Crippen LogP contribution in [0.4, 0.5) is 13.2 Å². The van der Waals surface area contributed by atoms with Crippen molar-refractivity contribution in [1.82, 2.24) is 4.57 Å². The van der Waals surface area contributed by atoms with Gasteiger partial charge in [0.25, 0.3) is 0 Å². The van der Waals surface area contributed by atoms with Crippen LogP contribution in [0.2, 0.25) is 0 Å². The van der Waals surface area contributed by atoms with Crippen molar-refractivity contribution in [3.8, 4) is 11.5 Å². The molecule has 0 spiro atoms. The van der Waals surface area contributed by atoms with E-state index < -0.39 is 48.1 Å². The molecule has 4 aromatic rings. The Hall–Kier alpha value is -5.06. The van der Waals surface area contributed by atoms with Gasteiger partial charge in [-0.15, -0.1) is 0 Å². The molecule has 0 aliphatic rings. The number of unbranched alkanes of at least 4 members (excludes halogenated alkanes) is 1. The van der Waals surface area contributed by atoms with Crippen molar-refractivity contribution < 1.29 is 47.2 Å². The van der Waals surface area contributed by atoms with Crippen LogP contribution in [-0.4, -0.2) is 45.7 Å². The number of carboxylic acids is 2. The quantitative estimate of drug-likeness (QED) is 0.0855. The summed E-state index contributed by atoms with van der Waals surface area (Å²) in [6.45, 7) is 1.58. The van der Waals surface area contributed by atoms with Gasteiger partial charge >= 0.3 is 11.9 Å². The van der Waals surface area contributed by atoms with E-state index in [9.17, 15) is 28.3 Å². The van der Waals surface area contributed by atoms with Crippen molar-refractivity contribution in [3.63, 3.8) is 0 Å². The van der Waals surface area contributed by atoms with Gasteiger partial charge in [0.1, 0.15) is 18.1 Å². The molecule has 3 aromatic carbocycles. The van der Waals surface area contributed by atoms with Gasteiger partial charge in [0.2, 0.25) is 5.82 Å². The second kappa shape index (κ2) is 14.4. The zero-order valence-corrected chi connectivity index (χ0v) is 23.8. The van der Waals surface area contributed by atoms with E-state index in [2.05, 4.69) is 0 Å². The second-order valence-corrected chi connectivity index (χ2v) is 9.98. The first kappa shape index (κ1) is 31.9. The average molecular weight is 610 g/mol. The lowest BCUT2D eigenvalue weighted by Crippen LogP contribution is -2.11. The number of halogens is 3. The van der Waals surface area contributed by atoms with E-state index in [-0.39, 0.29) is 40.9 Å². The monoisotopic (exact) mass is 609 g/mol. The van der Waals surface area contributed by atoms with Gasteiger partial charge in [-0.3, -0.25) is 14.4 Å². The highest BCUT2D eigenvalue weighted by atomic mass is 19.2. The molecule has 0 saturated carbocycles. The predicted octanol–water partition coefficient (Wildman–Crippen LogP) is 6.91. The summed E-state index contributed by atoms with van der Waals surface area (Å²) in [5.74, 6) is -5.15. The van der Waals surface area contributed by atoms with Crippen LogP contribution in [0.1, 0.15) is 52.9 Å². The van der Waals surface area contributed by atoms with Crippen molar-refractivity contribution in [2.24, 2.45) is 0 Å². The first-order chi connectivity index (χ1) is 21.1. The number of rotatable bonds is 15. The summed E-state index contributed by atoms with van der Waals surface area (Å²) in [4.78, 5) is 35.5. The molecule has 0 aliphatic heterocycles. The molecule has 4 rings (SSSR count). The van der Waals surface area contributed by atoms with Crippen molar-refractivity contribution in [3.05, 3.63) is 94.4 Å². The first-order valence-corrected chi connectivity index (χ1v) is 13.8. The number of aromatic nitrogens is 1. The SMILES string of the molecule is Cc1c(C(=O)CCC(=O)O)c2c(F)ccc(/C=C/c3ccc(OCCCCOc4cccc(F)c4F)cc3)c2n1CC(=O)O. The number of aliphatic carboxylic acids is 2. The Morgan fingerprint density at radius 1 is 0.818 bits per heavy atom. The average Bonchev–Trinajstić information content (AvgIpc) is 3.28. The van der Waals surface area contributed by atoms with Gasteiger partial charge in [0, 0.05) is 23.1 Å². The van der Waals surface area contributed by atoms with Crippen LogP contribution in [0, 0.1) is 24.4 Å². The number of nitrogens with zero attached hydrogens (tertiary/aromatic N) is 1. The molecular weight excluding hydrogens is 579 g/mol. The van der Waals surface area contributed by atoms with E-state index >= 15 is 4.39 Å². The van der Waals surface area contributed by atoms with E-state index in [0.29, 0.717) is 30.8 Å². The van der Waals surface area contributed by atoms with E-state index in [0.717, 1.165) is 11.6 Å². The maximum absolute atomic E-state index is 15.1. The van der Waals surface area contributed by atoms with Gasteiger partial charge in [-0.05, 0) is 67.3 Å². The van der Waals surface area contributed by atoms with Crippen LogP contribution in [0.25, 0.3) is 23.1 Å². The number of ketones is 1. The number of fused-ring (bicyclic) bond motifs is 1. The lowest BCUT2D eigenvalue weighted by atomic mass is 10.0. The third-order valence-corrected chi connectivity index (χ3v) is 6.90. The summed E-state index contributed by atoms with van der Waals surface area (Å²) in [5.41, 5.74) is 1.69. The standard InChI is InChI=1S/C33H30F3NO7/c1-20-30(26(38)15-16-28(39)40)31-24(34)14-11-22(33(31)37(20)19-29(41)42)10-7-21-8-12-23(13-9-21)43-17-2-3-18-44-27-6-4-5-25(35)32(27)36/h4-14H,2-3,15-19H2,1H3,(H,39,40)(H,41,42)/b10-7+. The number of carbonyl (C=O) groups is 3. The molecule has 0 bridgehead atoms. The molecule has 0 fully saturated rings. The van der Waals surface area contributed by atoms with Gasteiger partial charge in [-0.2, -0.15) is 4.39 Å². The molecule has 2 N–H and O–H groups in total. The van der Waals surface area contributed by atoms with Gasteiger partial charge < -0.3 is 24.3 Å². The summed E-state index contributed by atoms with van der Waals surface area (Å²) in [5, 5.41) is 18.4. The topological polar surface area (TPSA) is 115 Å². The Balaban J connectivity index is 1.44. The molecule has 0 aliphatic carbocycles. The fraction of sp³-hybridized carbons (Fsp3) is 0.242. The van der Waals surface area contributed by atoms with E-state index in [4.69, 9.17) is 14.6 Å². The van der Waals surface area contributed by atoms with Gasteiger partial charge in [0.05, 0.1) is 25.2 Å². The lowest BCUT2D eigenvalue weighted by molar-refractivity contribution is -0.138. The van der Waals surface area contributed by atoms with Crippen LogP contribution in [0.5, 0.6) is 11.5 Å². The van der Waals surface area contributed by atoms with E-state index in [1.54, 1.807) is 36.4 Å². The highest BCUT2D eigenvalue weighted by Crippen LogP contribution is 2.33. The number of hydrogen-bond donors (Lipinski definition) is 2. The minimum Gasteiger partial charge on any atom is -0.494 e. The molecule has 1 aromatic heterocycles. The van der Waals surface area contributed by atoms with Gasteiger partial charge in [-0.25, -0.2) is 8.78 Å². The van der Waals surface area contributed by atoms with Crippen molar-refractivity contribution in [2.75, 3.05) is 13.2 Å². The van der Waals surface area contributed by atoms with E-state index in [1.165, 1.54) is 35.8 Å². The Morgan fingerprint density at radius 2 is 1.52 bits per heavy atom. The first-order valence-electron chi connectivity index (χ1n) is 13.8. The molecule has 0 unspecified atom stereocenters. The number of Topliss-reactive ketones (excluding diaryl/α,β-unsaturated/α-hetero) is 1. The van der Waals surface area contributed by atoms with Crippen LogP contribution < -0.4 is 9.47 Å². The van der Waals surface area contributed by atoms with Crippen molar-refractivity contribution in [2.45, 2.75) is 39.2 Å². The molecule has 1 heterocycles. The summed E-state index contributed by atoms with van der Waals surface area (Å²) in [6.07, 6.45) is 3.84. The minimum absolute atomic E-state index is 0.0237. The maximum atomic E-state index is 15.1. The maximum Gasteiger partial charge on any atom is 0.323 e. The smallest absolute Gasteiger partial charge is 0.323 e. The molecule has 44 heavy (non-hydrogen) atoms. The predicted molar refractivity (Wildman–Crippen MR) is 157 cm³/mol. The third-order valence-electron chi connectivity index (χ3n) is 6.90. The van der Waals surface area contributed by atoms with Crippen LogP contribution in [0.15, 0.2) is 54.6 Å². The summed E-state index contributed by atoms with van der Waals surface area (Å²) < 4.78 is 54.3. The third kappa shape index (κ3) is 7.66. The normalized spacial score (nSPS) is 11.3. The number of benzene rings is 3. The Bertz CT molecular complexity index is 1710. The number of hydrogen-bond acceptors (Lipinski definition) is 5. The Labute approximate surface area is 250 Å².